The van der Waals surface area contributed by atoms with E-state index in [1.54, 1.807) is 42.5 Å². The van der Waals surface area contributed by atoms with Gasteiger partial charge in [0.05, 0.1) is 13.2 Å². The van der Waals surface area contributed by atoms with Gasteiger partial charge < -0.3 is 14.8 Å². The molecule has 1 aliphatic heterocycles. The molecule has 180 valence electrons. The lowest BCUT2D eigenvalue weighted by Crippen LogP contribution is -2.30. The number of ether oxygens (including phenoxy) is 2. The van der Waals surface area contributed by atoms with Gasteiger partial charge in [-0.25, -0.2) is 4.79 Å². The molecule has 0 spiro atoms. The van der Waals surface area contributed by atoms with Gasteiger partial charge in [0.1, 0.15) is 12.3 Å². The van der Waals surface area contributed by atoms with Gasteiger partial charge in [-0.3, -0.25) is 9.69 Å². The van der Waals surface area contributed by atoms with Crippen molar-refractivity contribution in [1.29, 1.82) is 0 Å². The molecule has 1 N–H and O–H groups in total. The van der Waals surface area contributed by atoms with Crippen molar-refractivity contribution in [1.82, 2.24) is 10.2 Å². The smallest absolute Gasteiger partial charge is 0.329 e. The second kappa shape index (κ2) is 10.8. The Bertz CT molecular complexity index is 1310. The van der Waals surface area contributed by atoms with E-state index in [0.717, 1.165) is 16.7 Å². The van der Waals surface area contributed by atoms with Crippen LogP contribution in [-0.4, -0.2) is 23.4 Å². The second-order valence-corrected chi connectivity index (χ2v) is 8.88. The van der Waals surface area contributed by atoms with Crippen LogP contribution in [0.2, 0.25) is 10.0 Å². The largest absolute Gasteiger partial charge is 0.490 e. The molecule has 1 fully saturated rings. The minimum absolute atomic E-state index is 0.201. The highest BCUT2D eigenvalue weighted by atomic mass is 35.5. The molecule has 0 bridgehead atoms. The lowest BCUT2D eigenvalue weighted by molar-refractivity contribution is -0.123. The average Bonchev–Trinajstić information content (AvgIpc) is 3.07. The number of nitrogens with zero attached hydrogens (tertiary/aromatic N) is 1. The van der Waals surface area contributed by atoms with E-state index in [9.17, 15) is 9.59 Å². The van der Waals surface area contributed by atoms with Crippen molar-refractivity contribution in [3.05, 3.63) is 98.7 Å². The molecule has 1 aliphatic rings. The third kappa shape index (κ3) is 5.96. The van der Waals surface area contributed by atoms with Crippen LogP contribution in [0.4, 0.5) is 4.79 Å². The van der Waals surface area contributed by atoms with E-state index in [1.165, 1.54) is 4.90 Å². The number of carbonyl (C=O) groups excluding carboxylic acids is 2. The maximum atomic E-state index is 12.9. The van der Waals surface area contributed by atoms with E-state index in [-0.39, 0.29) is 24.8 Å². The lowest BCUT2D eigenvalue weighted by atomic mass is 10.1. The van der Waals surface area contributed by atoms with Crippen molar-refractivity contribution in [2.45, 2.75) is 27.0 Å². The van der Waals surface area contributed by atoms with E-state index in [2.05, 4.69) is 5.32 Å². The molecular formula is C27H24Cl2N2O4. The molecule has 0 aliphatic carbocycles. The van der Waals surface area contributed by atoms with E-state index in [0.29, 0.717) is 33.7 Å². The predicted molar refractivity (Wildman–Crippen MR) is 137 cm³/mol. The number of carbonyl (C=O) groups is 2. The molecule has 6 nitrogen and oxygen atoms in total. The van der Waals surface area contributed by atoms with E-state index in [1.807, 2.05) is 38.1 Å². The Kier molecular flexibility index (Phi) is 7.63. The Balaban J connectivity index is 1.51. The van der Waals surface area contributed by atoms with Gasteiger partial charge in [0.2, 0.25) is 0 Å². The summed E-state index contributed by atoms with van der Waals surface area (Å²) >= 11 is 12.2. The summed E-state index contributed by atoms with van der Waals surface area (Å²) < 4.78 is 11.7. The van der Waals surface area contributed by atoms with E-state index < -0.39 is 6.03 Å². The maximum Gasteiger partial charge on any atom is 0.329 e. The first kappa shape index (κ1) is 24.6. The van der Waals surface area contributed by atoms with Gasteiger partial charge in [0.25, 0.3) is 5.91 Å². The Hall–Kier alpha value is -3.48. The van der Waals surface area contributed by atoms with Crippen molar-refractivity contribution >= 4 is 41.2 Å². The number of hydrogen-bond donors (Lipinski definition) is 1. The summed E-state index contributed by atoms with van der Waals surface area (Å²) in [4.78, 5) is 26.5. The first-order valence-corrected chi connectivity index (χ1v) is 11.8. The van der Waals surface area contributed by atoms with Crippen LogP contribution in [-0.2, 0) is 17.9 Å². The highest BCUT2D eigenvalue weighted by Crippen LogP contribution is 2.31. The fraction of sp³-hybridized carbons (Fsp3) is 0.185. The Morgan fingerprint density at radius 2 is 1.80 bits per heavy atom. The minimum Gasteiger partial charge on any atom is -0.490 e. The van der Waals surface area contributed by atoms with Crippen molar-refractivity contribution in [2.24, 2.45) is 0 Å². The van der Waals surface area contributed by atoms with Gasteiger partial charge in [-0.1, -0.05) is 65.2 Å². The van der Waals surface area contributed by atoms with Gasteiger partial charge in [0.15, 0.2) is 11.5 Å². The van der Waals surface area contributed by atoms with Crippen molar-refractivity contribution in [3.8, 4) is 11.5 Å². The standard InChI is InChI=1S/C27H24Cl2N2O4/c1-3-34-25-13-18(7-10-24(25)35-16-20-8-9-21(28)14-22(20)29)12-23-26(32)31(27(33)30-23)15-19-6-4-5-17(2)11-19/h4-14H,3,15-16H2,1-2H3,(H,30,33)/b23-12+. The summed E-state index contributed by atoms with van der Waals surface area (Å²) in [6.45, 7) is 4.70. The predicted octanol–water partition coefficient (Wildman–Crippen LogP) is 6.37. The summed E-state index contributed by atoms with van der Waals surface area (Å²) in [7, 11) is 0. The highest BCUT2D eigenvalue weighted by molar-refractivity contribution is 6.35. The van der Waals surface area contributed by atoms with Crippen LogP contribution in [0, 0.1) is 6.92 Å². The number of amides is 3. The number of imide groups is 1. The third-order valence-electron chi connectivity index (χ3n) is 5.36. The van der Waals surface area contributed by atoms with Gasteiger partial charge >= 0.3 is 6.03 Å². The lowest BCUT2D eigenvalue weighted by Gasteiger charge is -2.14. The van der Waals surface area contributed by atoms with Crippen molar-refractivity contribution < 1.29 is 19.1 Å². The molecule has 0 saturated carbocycles. The molecule has 8 heteroatoms. The van der Waals surface area contributed by atoms with Crippen LogP contribution in [0.15, 0.2) is 66.4 Å². The summed E-state index contributed by atoms with van der Waals surface area (Å²) in [6, 6.07) is 17.8. The van der Waals surface area contributed by atoms with Gasteiger partial charge in [-0.2, -0.15) is 0 Å². The average molecular weight is 511 g/mol. The van der Waals surface area contributed by atoms with Crippen LogP contribution in [0.1, 0.15) is 29.2 Å². The first-order chi connectivity index (χ1) is 16.8. The number of urea groups is 1. The molecule has 0 aromatic heterocycles. The van der Waals surface area contributed by atoms with Gasteiger partial charge in [-0.15, -0.1) is 0 Å². The van der Waals surface area contributed by atoms with Crippen LogP contribution in [0.3, 0.4) is 0 Å². The molecular weight excluding hydrogens is 487 g/mol. The monoisotopic (exact) mass is 510 g/mol. The normalized spacial score (nSPS) is 14.4. The van der Waals surface area contributed by atoms with Gasteiger partial charge in [0, 0.05) is 15.6 Å². The molecule has 0 unspecified atom stereocenters. The number of nitrogens with one attached hydrogen (secondary N) is 1. The molecule has 1 heterocycles. The molecule has 0 atom stereocenters. The maximum absolute atomic E-state index is 12.9. The van der Waals surface area contributed by atoms with E-state index in [4.69, 9.17) is 32.7 Å². The second-order valence-electron chi connectivity index (χ2n) is 8.03. The van der Waals surface area contributed by atoms with Crippen LogP contribution in [0.25, 0.3) is 6.08 Å². The Morgan fingerprint density at radius 1 is 0.971 bits per heavy atom. The fourth-order valence-electron chi connectivity index (χ4n) is 3.67. The molecule has 4 rings (SSSR count). The summed E-state index contributed by atoms with van der Waals surface area (Å²) in [5.41, 5.74) is 3.63. The molecule has 3 aromatic rings. The van der Waals surface area contributed by atoms with Gasteiger partial charge in [-0.05, 0) is 55.3 Å². The zero-order valence-corrected chi connectivity index (χ0v) is 20.8. The quantitative estimate of drug-likeness (QED) is 0.282. The Morgan fingerprint density at radius 3 is 2.54 bits per heavy atom. The summed E-state index contributed by atoms with van der Waals surface area (Å²) in [5.74, 6) is 0.662. The molecule has 3 amide bonds. The van der Waals surface area contributed by atoms with Crippen LogP contribution in [0.5, 0.6) is 11.5 Å². The number of benzene rings is 3. The Labute approximate surface area is 214 Å². The van der Waals surface area contributed by atoms with Crippen LogP contribution >= 0.6 is 23.2 Å². The number of rotatable bonds is 8. The molecule has 35 heavy (non-hydrogen) atoms. The molecule has 3 aromatic carbocycles. The number of hydrogen-bond acceptors (Lipinski definition) is 4. The van der Waals surface area contributed by atoms with Crippen molar-refractivity contribution in [3.63, 3.8) is 0 Å². The molecule has 1 saturated heterocycles. The minimum atomic E-state index is -0.451. The SMILES string of the molecule is CCOc1cc(/C=C2/NC(=O)N(Cc3cccc(C)c3)C2=O)ccc1OCc1ccc(Cl)cc1Cl. The zero-order valence-electron chi connectivity index (χ0n) is 19.3. The number of halogens is 2. The van der Waals surface area contributed by atoms with Crippen LogP contribution < -0.4 is 14.8 Å². The third-order valence-corrected chi connectivity index (χ3v) is 5.95. The topological polar surface area (TPSA) is 67.9 Å². The number of aryl methyl sites for hydroxylation is 1. The summed E-state index contributed by atoms with van der Waals surface area (Å²) in [5, 5.41) is 3.73. The summed E-state index contributed by atoms with van der Waals surface area (Å²) in [6.07, 6.45) is 1.62. The molecule has 0 radical (unpaired) electrons. The van der Waals surface area contributed by atoms with Crippen molar-refractivity contribution in [2.75, 3.05) is 6.61 Å². The van der Waals surface area contributed by atoms with E-state index >= 15 is 0 Å². The fourth-order valence-corrected chi connectivity index (χ4v) is 4.13. The zero-order chi connectivity index (χ0) is 24.9. The first-order valence-electron chi connectivity index (χ1n) is 11.1. The highest BCUT2D eigenvalue weighted by Gasteiger charge is 2.33.